The molecule has 0 radical (unpaired) electrons. The molecular weight excluding hydrogens is 216 g/mol. The highest BCUT2D eigenvalue weighted by Crippen LogP contribution is 2.22. The smallest absolute Gasteiger partial charge is 0.268 e. The number of amides is 1. The number of hydrogen-bond acceptors (Lipinski definition) is 3. The fraction of sp³-hybridized carbons (Fsp3) is 0.385. The molecule has 17 heavy (non-hydrogen) atoms. The van der Waals surface area contributed by atoms with Crippen molar-refractivity contribution >= 4 is 11.7 Å². The van der Waals surface area contributed by atoms with Crippen LogP contribution in [0.3, 0.4) is 0 Å². The maximum Gasteiger partial charge on any atom is 0.268 e. The van der Waals surface area contributed by atoms with Gasteiger partial charge in [0.05, 0.1) is 5.56 Å². The molecule has 1 aliphatic rings. The first-order chi connectivity index (χ1) is 8.02. The number of carbonyl (C=O) groups is 2. The third-order valence-corrected chi connectivity index (χ3v) is 3.03. The van der Waals surface area contributed by atoms with Gasteiger partial charge in [-0.3, -0.25) is 14.6 Å². The van der Waals surface area contributed by atoms with Gasteiger partial charge in [0.25, 0.3) is 5.91 Å². The van der Waals surface area contributed by atoms with Crippen molar-refractivity contribution in [3.05, 3.63) is 35.4 Å². The molecule has 1 heterocycles. The summed E-state index contributed by atoms with van der Waals surface area (Å²) in [6, 6.07) is 7.02. The third-order valence-electron chi connectivity index (χ3n) is 3.03. The van der Waals surface area contributed by atoms with Crippen molar-refractivity contribution in [3.8, 4) is 0 Å². The zero-order valence-electron chi connectivity index (χ0n) is 10.3. The van der Waals surface area contributed by atoms with E-state index in [-0.39, 0.29) is 17.6 Å². The number of hydrazine groups is 1. The van der Waals surface area contributed by atoms with Crippen LogP contribution in [-0.4, -0.2) is 42.3 Å². The Kier molecular flexibility index (Phi) is 2.98. The normalized spacial score (nSPS) is 20.5. The second kappa shape index (κ2) is 4.30. The molecule has 4 heteroatoms. The Morgan fingerprint density at radius 2 is 1.76 bits per heavy atom. The Hall–Kier alpha value is -1.68. The minimum Gasteiger partial charge on any atom is -0.294 e. The topological polar surface area (TPSA) is 40.6 Å². The average molecular weight is 232 g/mol. The van der Waals surface area contributed by atoms with Crippen LogP contribution in [0.25, 0.3) is 0 Å². The molecule has 1 aromatic carbocycles. The Balaban J connectivity index is 2.55. The zero-order valence-corrected chi connectivity index (χ0v) is 10.3. The summed E-state index contributed by atoms with van der Waals surface area (Å²) < 4.78 is 0. The lowest BCUT2D eigenvalue weighted by Gasteiger charge is -2.28. The molecule has 2 rings (SSSR count). The van der Waals surface area contributed by atoms with Gasteiger partial charge in [0.2, 0.25) is 0 Å². The van der Waals surface area contributed by atoms with Crippen LogP contribution in [0.2, 0.25) is 0 Å². The van der Waals surface area contributed by atoms with Crippen LogP contribution in [-0.2, 0) is 0 Å². The molecule has 0 bridgehead atoms. The molecule has 0 saturated carbocycles. The van der Waals surface area contributed by atoms with Crippen molar-refractivity contribution in [3.63, 3.8) is 0 Å². The summed E-state index contributed by atoms with van der Waals surface area (Å²) in [6.07, 6.45) is 0. The van der Waals surface area contributed by atoms with Gasteiger partial charge in [-0.25, -0.2) is 5.01 Å². The highest BCUT2D eigenvalue weighted by molar-refractivity contribution is 6.10. The number of carbonyl (C=O) groups excluding carboxylic acids is 2. The minimum absolute atomic E-state index is 0.0401. The molecule has 0 aliphatic carbocycles. The molecule has 0 spiro atoms. The summed E-state index contributed by atoms with van der Waals surface area (Å²) in [5.74, 6) is -0.244. The van der Waals surface area contributed by atoms with Gasteiger partial charge in [0.15, 0.2) is 5.78 Å². The van der Waals surface area contributed by atoms with E-state index >= 15 is 0 Å². The maximum absolute atomic E-state index is 12.3. The van der Waals surface area contributed by atoms with Crippen LogP contribution < -0.4 is 0 Å². The molecule has 0 N–H and O–H groups in total. The summed E-state index contributed by atoms with van der Waals surface area (Å²) in [5, 5.41) is 3.34. The van der Waals surface area contributed by atoms with Crippen molar-refractivity contribution < 1.29 is 9.59 Å². The molecule has 1 aromatic rings. The largest absolute Gasteiger partial charge is 0.294 e. The highest BCUT2D eigenvalue weighted by atomic mass is 16.2. The summed E-state index contributed by atoms with van der Waals surface area (Å²) >= 11 is 0. The van der Waals surface area contributed by atoms with Crippen molar-refractivity contribution in [1.82, 2.24) is 10.0 Å². The molecule has 0 aromatic heterocycles. The standard InChI is InChI=1S/C13H16N2O2/c1-9-8-15(14(2)3)13(17)11-7-5-4-6-10(11)12(9)16/h4-7,9H,8H2,1-3H3. The van der Waals surface area contributed by atoms with E-state index in [2.05, 4.69) is 0 Å². The van der Waals surface area contributed by atoms with Crippen molar-refractivity contribution in [1.29, 1.82) is 0 Å². The fourth-order valence-electron chi connectivity index (χ4n) is 2.06. The number of nitrogens with zero attached hydrogens (tertiary/aromatic N) is 2. The molecule has 4 nitrogen and oxygen atoms in total. The van der Waals surface area contributed by atoms with Gasteiger partial charge >= 0.3 is 0 Å². The van der Waals surface area contributed by atoms with E-state index in [4.69, 9.17) is 0 Å². The third kappa shape index (κ3) is 1.96. The second-order valence-electron chi connectivity index (χ2n) is 4.55. The highest BCUT2D eigenvalue weighted by Gasteiger charge is 2.31. The molecular formula is C13H16N2O2. The number of Topliss-reactive ketones (excluding diaryl/α,β-unsaturated/α-hetero) is 1. The van der Waals surface area contributed by atoms with Gasteiger partial charge < -0.3 is 0 Å². The van der Waals surface area contributed by atoms with Gasteiger partial charge in [0.1, 0.15) is 0 Å². The first kappa shape index (κ1) is 11.8. The average Bonchev–Trinajstić information content (AvgIpc) is 2.41. The molecule has 1 unspecified atom stereocenters. The summed E-state index contributed by atoms with van der Waals surface area (Å²) in [6.45, 7) is 2.29. The van der Waals surface area contributed by atoms with E-state index < -0.39 is 0 Å². The Bertz CT molecular complexity index is 468. The van der Waals surface area contributed by atoms with Gasteiger partial charge in [-0.1, -0.05) is 25.1 Å². The lowest BCUT2D eigenvalue weighted by Crippen LogP contribution is -2.43. The Labute approximate surface area is 101 Å². The van der Waals surface area contributed by atoms with Gasteiger partial charge in [-0.05, 0) is 6.07 Å². The molecule has 1 aliphatic heterocycles. The molecule has 0 fully saturated rings. The van der Waals surface area contributed by atoms with Gasteiger partial charge in [-0.15, -0.1) is 0 Å². The summed E-state index contributed by atoms with van der Waals surface area (Å²) in [4.78, 5) is 24.5. The molecule has 90 valence electrons. The lowest BCUT2D eigenvalue weighted by molar-refractivity contribution is 0.0155. The van der Waals surface area contributed by atoms with E-state index in [0.29, 0.717) is 17.7 Å². The van der Waals surface area contributed by atoms with Crippen molar-refractivity contribution in [2.75, 3.05) is 20.6 Å². The van der Waals surface area contributed by atoms with E-state index in [1.165, 1.54) is 0 Å². The Morgan fingerprint density at radius 1 is 1.18 bits per heavy atom. The molecule has 0 saturated heterocycles. The lowest BCUT2D eigenvalue weighted by atomic mass is 9.97. The number of benzene rings is 1. The van der Waals surface area contributed by atoms with Crippen LogP contribution in [0, 0.1) is 5.92 Å². The van der Waals surface area contributed by atoms with E-state index in [1.54, 1.807) is 34.3 Å². The SMILES string of the molecule is CC1CN(N(C)C)C(=O)c2ccccc2C1=O. The monoisotopic (exact) mass is 232 g/mol. The van der Waals surface area contributed by atoms with E-state index in [1.807, 2.05) is 21.0 Å². The van der Waals surface area contributed by atoms with Crippen LogP contribution in [0.5, 0.6) is 0 Å². The maximum atomic E-state index is 12.3. The second-order valence-corrected chi connectivity index (χ2v) is 4.55. The minimum atomic E-state index is -0.176. The molecule has 1 atom stereocenters. The number of hydrogen-bond donors (Lipinski definition) is 0. The van der Waals surface area contributed by atoms with E-state index in [0.717, 1.165) is 0 Å². The van der Waals surface area contributed by atoms with Crippen molar-refractivity contribution in [2.45, 2.75) is 6.92 Å². The van der Waals surface area contributed by atoms with Gasteiger partial charge in [-0.2, -0.15) is 0 Å². The van der Waals surface area contributed by atoms with Crippen LogP contribution in [0.4, 0.5) is 0 Å². The van der Waals surface area contributed by atoms with Gasteiger partial charge in [0, 0.05) is 32.1 Å². The van der Waals surface area contributed by atoms with E-state index in [9.17, 15) is 9.59 Å². The quantitative estimate of drug-likeness (QED) is 0.735. The predicted octanol–water partition coefficient (Wildman–Crippen LogP) is 1.44. The first-order valence-electron chi connectivity index (χ1n) is 5.64. The van der Waals surface area contributed by atoms with Crippen LogP contribution in [0.15, 0.2) is 24.3 Å². The number of fused-ring (bicyclic) bond motifs is 1. The predicted molar refractivity (Wildman–Crippen MR) is 64.7 cm³/mol. The van der Waals surface area contributed by atoms with Crippen LogP contribution in [0.1, 0.15) is 27.6 Å². The zero-order chi connectivity index (χ0) is 12.6. The first-order valence-corrected chi connectivity index (χ1v) is 5.64. The molecule has 1 amide bonds. The number of rotatable bonds is 1. The van der Waals surface area contributed by atoms with Crippen LogP contribution >= 0.6 is 0 Å². The van der Waals surface area contributed by atoms with Crippen molar-refractivity contribution in [2.24, 2.45) is 5.92 Å². The number of ketones is 1. The fourth-order valence-corrected chi connectivity index (χ4v) is 2.06. The Morgan fingerprint density at radius 3 is 2.35 bits per heavy atom. The summed E-state index contributed by atoms with van der Waals surface area (Å²) in [5.41, 5.74) is 1.03. The summed E-state index contributed by atoms with van der Waals surface area (Å²) in [7, 11) is 3.62.